The van der Waals surface area contributed by atoms with E-state index in [-0.39, 0.29) is 0 Å². The van der Waals surface area contributed by atoms with Crippen LogP contribution < -0.4 is 16.0 Å². The summed E-state index contributed by atoms with van der Waals surface area (Å²) in [6.07, 6.45) is 4.04. The Balaban J connectivity index is 2.10. The molecule has 1 aromatic carbocycles. The van der Waals surface area contributed by atoms with Gasteiger partial charge in [0.2, 0.25) is 0 Å². The van der Waals surface area contributed by atoms with Gasteiger partial charge in [0.05, 0.1) is 0 Å². The summed E-state index contributed by atoms with van der Waals surface area (Å²) in [4.78, 5) is 6.72. The zero-order valence-electron chi connectivity index (χ0n) is 12.7. The topological polar surface area (TPSA) is 54.2 Å². The van der Waals surface area contributed by atoms with Crippen molar-refractivity contribution >= 4 is 40.4 Å². The SMILES string of the molecule is CCN1CC(c2cc(N)ccc2Cl)=Cc2cnc(NC)cc21. The number of nitrogen functional groups attached to an aromatic ring is 1. The van der Waals surface area contributed by atoms with Crippen molar-refractivity contribution in [3.05, 3.63) is 46.6 Å². The molecule has 2 heterocycles. The molecule has 0 spiro atoms. The van der Waals surface area contributed by atoms with Crippen molar-refractivity contribution in [3.8, 4) is 0 Å². The van der Waals surface area contributed by atoms with Gasteiger partial charge in [-0.25, -0.2) is 4.98 Å². The van der Waals surface area contributed by atoms with Crippen molar-refractivity contribution in [2.24, 2.45) is 0 Å². The van der Waals surface area contributed by atoms with E-state index in [4.69, 9.17) is 17.3 Å². The number of fused-ring (bicyclic) bond motifs is 1. The second-order valence-corrected chi connectivity index (χ2v) is 5.71. The number of halogens is 1. The van der Waals surface area contributed by atoms with Gasteiger partial charge in [0.15, 0.2) is 0 Å². The van der Waals surface area contributed by atoms with Gasteiger partial charge in [0, 0.05) is 59.9 Å². The molecule has 0 atom stereocenters. The lowest BCUT2D eigenvalue weighted by molar-refractivity contribution is 0.905. The fourth-order valence-electron chi connectivity index (χ4n) is 2.74. The van der Waals surface area contributed by atoms with E-state index in [1.165, 1.54) is 5.69 Å². The Morgan fingerprint density at radius 1 is 1.36 bits per heavy atom. The minimum absolute atomic E-state index is 0.720. The second kappa shape index (κ2) is 5.89. The summed E-state index contributed by atoms with van der Waals surface area (Å²) in [5, 5.41) is 3.81. The number of anilines is 3. The highest BCUT2D eigenvalue weighted by Crippen LogP contribution is 2.36. The Bertz CT molecular complexity index is 739. The highest BCUT2D eigenvalue weighted by Gasteiger charge is 2.20. The standard InChI is InChI=1S/C17H19ClN4/c1-3-22-10-12(14-7-13(19)4-5-15(14)18)6-11-9-21-17(20-2)8-16(11)22/h4-9H,3,10,19H2,1-2H3,(H,20,21). The molecule has 0 aliphatic carbocycles. The van der Waals surface area contributed by atoms with Crippen LogP contribution in [-0.2, 0) is 0 Å². The van der Waals surface area contributed by atoms with E-state index in [0.29, 0.717) is 0 Å². The number of rotatable bonds is 3. The Morgan fingerprint density at radius 3 is 2.91 bits per heavy atom. The second-order valence-electron chi connectivity index (χ2n) is 5.30. The lowest BCUT2D eigenvalue weighted by atomic mass is 9.97. The molecule has 0 saturated heterocycles. The Kier molecular flexibility index (Phi) is 3.94. The van der Waals surface area contributed by atoms with Gasteiger partial charge in [0.1, 0.15) is 5.82 Å². The van der Waals surface area contributed by atoms with Crippen LogP contribution in [0.4, 0.5) is 17.2 Å². The molecule has 114 valence electrons. The van der Waals surface area contributed by atoms with E-state index < -0.39 is 0 Å². The highest BCUT2D eigenvalue weighted by atomic mass is 35.5. The molecule has 3 rings (SSSR count). The molecule has 0 fully saturated rings. The number of likely N-dealkylation sites (N-methyl/N-ethyl adjacent to an activating group) is 1. The van der Waals surface area contributed by atoms with E-state index in [0.717, 1.165) is 46.3 Å². The normalized spacial score (nSPS) is 13.6. The van der Waals surface area contributed by atoms with E-state index in [1.807, 2.05) is 31.4 Å². The third-order valence-electron chi connectivity index (χ3n) is 3.92. The molecule has 0 saturated carbocycles. The van der Waals surface area contributed by atoms with Crippen LogP contribution in [0, 0.1) is 0 Å². The molecule has 0 radical (unpaired) electrons. The first-order valence-electron chi connectivity index (χ1n) is 7.31. The average Bonchev–Trinajstić information content (AvgIpc) is 2.55. The Morgan fingerprint density at radius 2 is 2.18 bits per heavy atom. The summed E-state index contributed by atoms with van der Waals surface area (Å²) in [6, 6.07) is 7.68. The van der Waals surface area contributed by atoms with Crippen LogP contribution in [0.3, 0.4) is 0 Å². The number of nitrogens with two attached hydrogens (primary N) is 1. The van der Waals surface area contributed by atoms with E-state index in [1.54, 1.807) is 0 Å². The quantitative estimate of drug-likeness (QED) is 0.847. The summed E-state index contributed by atoms with van der Waals surface area (Å²) in [6.45, 7) is 3.87. The van der Waals surface area contributed by atoms with Gasteiger partial charge in [-0.1, -0.05) is 11.6 Å². The zero-order chi connectivity index (χ0) is 15.7. The molecule has 0 amide bonds. The summed E-state index contributed by atoms with van der Waals surface area (Å²) in [5.74, 6) is 0.871. The van der Waals surface area contributed by atoms with Crippen LogP contribution >= 0.6 is 11.6 Å². The van der Waals surface area contributed by atoms with Gasteiger partial charge in [-0.05, 0) is 36.8 Å². The summed E-state index contributed by atoms with van der Waals surface area (Å²) in [7, 11) is 1.88. The third-order valence-corrected chi connectivity index (χ3v) is 4.25. The van der Waals surface area contributed by atoms with Gasteiger partial charge in [-0.15, -0.1) is 0 Å². The maximum Gasteiger partial charge on any atom is 0.127 e. The Hall–Kier alpha value is -2.20. The number of hydrogen-bond donors (Lipinski definition) is 2. The minimum Gasteiger partial charge on any atom is -0.399 e. The van der Waals surface area contributed by atoms with Gasteiger partial charge < -0.3 is 16.0 Å². The monoisotopic (exact) mass is 314 g/mol. The highest BCUT2D eigenvalue weighted by molar-refractivity contribution is 6.32. The lowest BCUT2D eigenvalue weighted by Gasteiger charge is -2.31. The fraction of sp³-hybridized carbons (Fsp3) is 0.235. The predicted octanol–water partition coefficient (Wildman–Crippen LogP) is 3.74. The van der Waals surface area contributed by atoms with Crippen LogP contribution in [0.15, 0.2) is 30.5 Å². The van der Waals surface area contributed by atoms with Crippen LogP contribution in [0.2, 0.25) is 5.02 Å². The smallest absolute Gasteiger partial charge is 0.127 e. The number of pyridine rings is 1. The summed E-state index contributed by atoms with van der Waals surface area (Å²) in [5.41, 5.74) is 11.1. The number of nitrogens with zero attached hydrogens (tertiary/aromatic N) is 2. The van der Waals surface area contributed by atoms with Gasteiger partial charge in [0.25, 0.3) is 0 Å². The third kappa shape index (κ3) is 2.62. The number of benzene rings is 1. The maximum atomic E-state index is 6.35. The molecule has 0 unspecified atom stereocenters. The van der Waals surface area contributed by atoms with Crippen molar-refractivity contribution in [2.45, 2.75) is 6.92 Å². The summed E-state index contributed by atoms with van der Waals surface area (Å²) < 4.78 is 0. The van der Waals surface area contributed by atoms with E-state index in [2.05, 4.69) is 34.3 Å². The molecule has 4 nitrogen and oxygen atoms in total. The molecule has 1 aliphatic rings. The van der Waals surface area contributed by atoms with E-state index >= 15 is 0 Å². The Labute approximate surface area is 135 Å². The number of aromatic nitrogens is 1. The van der Waals surface area contributed by atoms with Crippen molar-refractivity contribution < 1.29 is 0 Å². The largest absolute Gasteiger partial charge is 0.399 e. The van der Waals surface area contributed by atoms with Crippen molar-refractivity contribution in [1.82, 2.24) is 4.98 Å². The van der Waals surface area contributed by atoms with E-state index in [9.17, 15) is 0 Å². The first-order valence-corrected chi connectivity index (χ1v) is 7.69. The maximum absolute atomic E-state index is 6.35. The molecule has 1 aromatic heterocycles. The molecule has 3 N–H and O–H groups in total. The van der Waals surface area contributed by atoms with Crippen LogP contribution in [-0.4, -0.2) is 25.1 Å². The van der Waals surface area contributed by atoms with Gasteiger partial charge >= 0.3 is 0 Å². The van der Waals surface area contributed by atoms with Crippen molar-refractivity contribution in [1.29, 1.82) is 0 Å². The number of hydrogen-bond acceptors (Lipinski definition) is 4. The molecule has 2 aromatic rings. The molecule has 5 heteroatoms. The van der Waals surface area contributed by atoms with Gasteiger partial charge in [-0.3, -0.25) is 0 Å². The minimum atomic E-state index is 0.720. The molecule has 22 heavy (non-hydrogen) atoms. The average molecular weight is 315 g/mol. The van der Waals surface area contributed by atoms with Crippen molar-refractivity contribution in [3.63, 3.8) is 0 Å². The van der Waals surface area contributed by atoms with Crippen LogP contribution in [0.1, 0.15) is 18.1 Å². The first-order chi connectivity index (χ1) is 10.6. The fourth-order valence-corrected chi connectivity index (χ4v) is 2.97. The van der Waals surface area contributed by atoms with Gasteiger partial charge in [-0.2, -0.15) is 0 Å². The molecular formula is C17H19ClN4. The zero-order valence-corrected chi connectivity index (χ0v) is 13.5. The predicted molar refractivity (Wildman–Crippen MR) is 95.4 cm³/mol. The van der Waals surface area contributed by atoms with Crippen LogP contribution in [0.5, 0.6) is 0 Å². The molecule has 1 aliphatic heterocycles. The van der Waals surface area contributed by atoms with Crippen molar-refractivity contribution in [2.75, 3.05) is 36.1 Å². The van der Waals surface area contributed by atoms with Crippen LogP contribution in [0.25, 0.3) is 11.6 Å². The summed E-state index contributed by atoms with van der Waals surface area (Å²) >= 11 is 6.35. The lowest BCUT2D eigenvalue weighted by Crippen LogP contribution is -2.28. The number of nitrogens with one attached hydrogen (secondary N) is 1. The molecular weight excluding hydrogens is 296 g/mol. The first kappa shape index (κ1) is 14.7. The molecule has 0 bridgehead atoms.